The summed E-state index contributed by atoms with van der Waals surface area (Å²) in [5.74, 6) is -2.60. The van der Waals surface area contributed by atoms with Crippen LogP contribution in [0.25, 0.3) is 22.1 Å². The molecule has 5 N–H and O–H groups in total. The molecule has 0 unspecified atom stereocenters. The van der Waals surface area contributed by atoms with Crippen LogP contribution in [0.4, 0.5) is 0 Å². The summed E-state index contributed by atoms with van der Waals surface area (Å²) in [6, 6.07) is 4.80. The summed E-state index contributed by atoms with van der Waals surface area (Å²) in [6.45, 7) is 1.36. The van der Waals surface area contributed by atoms with Gasteiger partial charge in [0.2, 0.25) is 5.43 Å². The lowest BCUT2D eigenvalue weighted by Crippen LogP contribution is -2.06. The van der Waals surface area contributed by atoms with E-state index in [1.807, 2.05) is 0 Å². The normalized spacial score (nSPS) is 11.7. The molecule has 0 aliphatic carbocycles. The van der Waals surface area contributed by atoms with E-state index in [0.717, 1.165) is 18.4 Å². The molecule has 0 fully saturated rings. The topological polar surface area (TPSA) is 148 Å². The number of allylic oxidation sites excluding steroid dienone is 1. The van der Waals surface area contributed by atoms with Gasteiger partial charge in [-0.15, -0.1) is 0 Å². The second kappa shape index (κ2) is 6.99. The zero-order valence-electron chi connectivity index (χ0n) is 14.6. The summed E-state index contributed by atoms with van der Waals surface area (Å²) >= 11 is 0. The summed E-state index contributed by atoms with van der Waals surface area (Å²) < 4.78 is 5.34. The third-order valence-electron chi connectivity index (χ3n) is 4.34. The predicted molar refractivity (Wildman–Crippen MR) is 99.7 cm³/mol. The van der Waals surface area contributed by atoms with Gasteiger partial charge in [0.1, 0.15) is 40.2 Å². The molecule has 144 valence electrons. The highest BCUT2D eigenvalue weighted by molar-refractivity contribution is 5.90. The number of phenolic OH excluding ortho intramolecular Hbond substituents is 4. The molecule has 3 rings (SSSR count). The number of rotatable bonds is 4. The molecule has 0 bridgehead atoms. The third kappa shape index (κ3) is 3.23. The minimum atomic E-state index is -1.15. The fraction of sp³-hybridized carbons (Fsp3) is 0.100. The van der Waals surface area contributed by atoms with Crippen molar-refractivity contribution < 1.29 is 34.7 Å². The molecule has 28 heavy (non-hydrogen) atoms. The van der Waals surface area contributed by atoms with E-state index in [1.54, 1.807) is 0 Å². The number of aromatic hydroxyl groups is 4. The predicted octanol–water partition coefficient (Wildman–Crippen LogP) is 2.86. The van der Waals surface area contributed by atoms with Crippen LogP contribution in [0.1, 0.15) is 12.5 Å². The van der Waals surface area contributed by atoms with Crippen molar-refractivity contribution in [2.45, 2.75) is 13.3 Å². The molecule has 0 amide bonds. The minimum absolute atomic E-state index is 0.00805. The van der Waals surface area contributed by atoms with Gasteiger partial charge in [0.05, 0.1) is 5.56 Å². The lowest BCUT2D eigenvalue weighted by molar-refractivity contribution is -0.132. The van der Waals surface area contributed by atoms with Gasteiger partial charge in [-0.25, -0.2) is 4.79 Å². The Labute approximate surface area is 157 Å². The SMILES string of the molecule is C/C(=C\Cc1c(O)cc2occ(-c3ccc(O)cc3O)c(=O)c2c1O)C(=O)O. The van der Waals surface area contributed by atoms with Crippen LogP contribution in [0.5, 0.6) is 23.0 Å². The first-order valence-electron chi connectivity index (χ1n) is 8.12. The Morgan fingerprint density at radius 2 is 1.79 bits per heavy atom. The van der Waals surface area contributed by atoms with Crippen LogP contribution in [0.15, 0.2) is 51.4 Å². The van der Waals surface area contributed by atoms with Crippen molar-refractivity contribution >= 4 is 16.9 Å². The number of fused-ring (bicyclic) bond motifs is 1. The summed E-state index contributed by atoms with van der Waals surface area (Å²) in [5, 5.41) is 48.8. The molecule has 1 aromatic heterocycles. The highest BCUT2D eigenvalue weighted by Gasteiger charge is 2.20. The average Bonchev–Trinajstić information content (AvgIpc) is 2.62. The monoisotopic (exact) mass is 384 g/mol. The molecule has 0 spiro atoms. The molecule has 0 atom stereocenters. The number of carboxylic acid groups (broad SMARTS) is 1. The lowest BCUT2D eigenvalue weighted by atomic mass is 10.0. The molecule has 0 saturated carbocycles. The number of phenols is 4. The zero-order valence-corrected chi connectivity index (χ0v) is 14.6. The highest BCUT2D eigenvalue weighted by atomic mass is 16.4. The molecule has 0 aliphatic heterocycles. The van der Waals surface area contributed by atoms with Gasteiger partial charge in [-0.05, 0) is 25.5 Å². The second-order valence-corrected chi connectivity index (χ2v) is 6.17. The zero-order chi connectivity index (χ0) is 20.6. The fourth-order valence-corrected chi connectivity index (χ4v) is 2.77. The first-order chi connectivity index (χ1) is 13.2. The maximum atomic E-state index is 12.9. The van der Waals surface area contributed by atoms with Gasteiger partial charge in [0.15, 0.2) is 0 Å². The van der Waals surface area contributed by atoms with Crippen molar-refractivity contribution in [3.63, 3.8) is 0 Å². The Hall–Kier alpha value is -3.94. The molecule has 0 saturated heterocycles. The van der Waals surface area contributed by atoms with E-state index in [9.17, 15) is 30.0 Å². The summed E-state index contributed by atoms with van der Waals surface area (Å²) in [5.41, 5.74) is -0.746. The molecule has 2 aromatic carbocycles. The van der Waals surface area contributed by atoms with Crippen LogP contribution in [-0.2, 0) is 11.2 Å². The third-order valence-corrected chi connectivity index (χ3v) is 4.34. The van der Waals surface area contributed by atoms with E-state index in [2.05, 4.69) is 0 Å². The number of hydrogen-bond acceptors (Lipinski definition) is 7. The maximum Gasteiger partial charge on any atom is 0.330 e. The minimum Gasteiger partial charge on any atom is -0.508 e. The van der Waals surface area contributed by atoms with Crippen molar-refractivity contribution in [2.75, 3.05) is 0 Å². The van der Waals surface area contributed by atoms with Crippen molar-refractivity contribution in [1.29, 1.82) is 0 Å². The molecule has 0 radical (unpaired) electrons. The number of aliphatic carboxylic acids is 1. The Kier molecular flexibility index (Phi) is 4.70. The van der Waals surface area contributed by atoms with Crippen LogP contribution >= 0.6 is 0 Å². The van der Waals surface area contributed by atoms with E-state index >= 15 is 0 Å². The van der Waals surface area contributed by atoms with E-state index in [1.165, 1.54) is 25.1 Å². The van der Waals surface area contributed by atoms with Crippen LogP contribution in [0.3, 0.4) is 0 Å². The van der Waals surface area contributed by atoms with Gasteiger partial charge in [-0.3, -0.25) is 4.79 Å². The molecular weight excluding hydrogens is 368 g/mol. The molecule has 3 aromatic rings. The molecule has 0 aliphatic rings. The quantitative estimate of drug-likeness (QED) is 0.431. The van der Waals surface area contributed by atoms with Crippen LogP contribution in [0, 0.1) is 0 Å². The van der Waals surface area contributed by atoms with Gasteiger partial charge in [0.25, 0.3) is 0 Å². The van der Waals surface area contributed by atoms with E-state index in [0.29, 0.717) is 0 Å². The highest BCUT2D eigenvalue weighted by Crippen LogP contribution is 2.37. The summed E-state index contributed by atoms with van der Waals surface area (Å²) in [4.78, 5) is 23.8. The Morgan fingerprint density at radius 1 is 1.07 bits per heavy atom. The smallest absolute Gasteiger partial charge is 0.330 e. The Bertz CT molecular complexity index is 1190. The van der Waals surface area contributed by atoms with Gasteiger partial charge < -0.3 is 29.9 Å². The molecular formula is C20H16O8. The fourth-order valence-electron chi connectivity index (χ4n) is 2.77. The van der Waals surface area contributed by atoms with E-state index in [-0.39, 0.29) is 56.9 Å². The van der Waals surface area contributed by atoms with Crippen molar-refractivity contribution in [3.05, 3.63) is 58.0 Å². The Balaban J connectivity index is 2.23. The van der Waals surface area contributed by atoms with Crippen molar-refractivity contribution in [3.8, 4) is 34.1 Å². The molecule has 1 heterocycles. The van der Waals surface area contributed by atoms with Crippen LogP contribution in [-0.4, -0.2) is 31.5 Å². The second-order valence-electron chi connectivity index (χ2n) is 6.17. The van der Waals surface area contributed by atoms with Gasteiger partial charge in [0, 0.05) is 28.8 Å². The number of carboxylic acids is 1. The number of hydrogen-bond donors (Lipinski definition) is 5. The van der Waals surface area contributed by atoms with E-state index in [4.69, 9.17) is 9.52 Å². The van der Waals surface area contributed by atoms with E-state index < -0.39 is 17.1 Å². The van der Waals surface area contributed by atoms with Gasteiger partial charge >= 0.3 is 5.97 Å². The first kappa shape index (κ1) is 18.8. The maximum absolute atomic E-state index is 12.9. The first-order valence-corrected chi connectivity index (χ1v) is 8.12. The van der Waals surface area contributed by atoms with Crippen molar-refractivity contribution in [1.82, 2.24) is 0 Å². The molecule has 8 heteroatoms. The molecule has 8 nitrogen and oxygen atoms in total. The Morgan fingerprint density at radius 3 is 2.43 bits per heavy atom. The summed E-state index contributed by atoms with van der Waals surface area (Å²) in [6.07, 6.45) is 2.24. The standard InChI is InChI=1S/C20H16O8/c1-9(20(26)27)2-4-12-15(23)7-16-17(18(12)24)19(25)13(8-28-16)11-5-3-10(21)6-14(11)22/h2-3,5-8,21-24H,4H2,1H3,(H,26,27)/b9-2+. The average molecular weight is 384 g/mol. The lowest BCUT2D eigenvalue weighted by Gasteiger charge is -2.10. The van der Waals surface area contributed by atoms with Crippen molar-refractivity contribution in [2.24, 2.45) is 0 Å². The number of benzene rings is 2. The van der Waals surface area contributed by atoms with Crippen LogP contribution < -0.4 is 5.43 Å². The van der Waals surface area contributed by atoms with Gasteiger partial charge in [-0.1, -0.05) is 6.08 Å². The number of carbonyl (C=O) groups is 1. The van der Waals surface area contributed by atoms with Gasteiger partial charge in [-0.2, -0.15) is 0 Å². The largest absolute Gasteiger partial charge is 0.508 e. The van der Waals surface area contributed by atoms with Crippen LogP contribution in [0.2, 0.25) is 0 Å². The summed E-state index contributed by atoms with van der Waals surface area (Å²) in [7, 11) is 0.